The fourth-order valence-electron chi connectivity index (χ4n) is 1.89. The second-order valence-electron chi connectivity index (χ2n) is 4.69. The molecule has 20 heavy (non-hydrogen) atoms. The van der Waals surface area contributed by atoms with E-state index in [4.69, 9.17) is 0 Å². The second-order valence-corrected chi connectivity index (χ2v) is 4.69. The van der Waals surface area contributed by atoms with E-state index in [-0.39, 0.29) is 24.5 Å². The molecule has 0 heterocycles. The maximum Gasteiger partial charge on any atom is 0.224 e. The van der Waals surface area contributed by atoms with Crippen molar-refractivity contribution in [3.8, 4) is 11.1 Å². The van der Waals surface area contributed by atoms with Gasteiger partial charge < -0.3 is 10.1 Å². The highest BCUT2D eigenvalue weighted by atomic mass is 16.2. The zero-order valence-electron chi connectivity index (χ0n) is 11.4. The number of benzene rings is 2. The summed E-state index contributed by atoms with van der Waals surface area (Å²) in [5.41, 5.74) is 2.99. The van der Waals surface area contributed by atoms with Gasteiger partial charge in [0.05, 0.1) is 0 Å². The molecule has 0 aliphatic carbocycles. The van der Waals surface area contributed by atoms with Gasteiger partial charge in [-0.05, 0) is 30.2 Å². The molecule has 0 saturated carbocycles. The molecule has 3 heteroatoms. The average Bonchev–Trinajstić information content (AvgIpc) is 2.47. The van der Waals surface area contributed by atoms with Crippen molar-refractivity contribution < 1.29 is 9.59 Å². The summed E-state index contributed by atoms with van der Waals surface area (Å²) in [6.45, 7) is 1.49. The second kappa shape index (κ2) is 6.66. The molecule has 1 N–H and O–H groups in total. The predicted molar refractivity (Wildman–Crippen MR) is 80.4 cm³/mol. The van der Waals surface area contributed by atoms with Gasteiger partial charge in [0.15, 0.2) is 0 Å². The van der Waals surface area contributed by atoms with Gasteiger partial charge in [-0.25, -0.2) is 0 Å². The lowest BCUT2D eigenvalue weighted by atomic mass is 10.1. The van der Waals surface area contributed by atoms with Gasteiger partial charge >= 0.3 is 0 Å². The number of hydrogen-bond acceptors (Lipinski definition) is 2. The average molecular weight is 267 g/mol. The lowest BCUT2D eigenvalue weighted by Gasteiger charge is -2.06. The number of carbonyl (C=O) groups is 2. The third-order valence-electron chi connectivity index (χ3n) is 2.98. The van der Waals surface area contributed by atoms with E-state index in [0.717, 1.165) is 16.8 Å². The summed E-state index contributed by atoms with van der Waals surface area (Å²) >= 11 is 0. The van der Waals surface area contributed by atoms with Gasteiger partial charge in [-0.3, -0.25) is 4.79 Å². The summed E-state index contributed by atoms with van der Waals surface area (Å²) in [6, 6.07) is 17.7. The van der Waals surface area contributed by atoms with Crippen LogP contribution in [-0.4, -0.2) is 11.7 Å². The van der Waals surface area contributed by atoms with Gasteiger partial charge in [-0.1, -0.05) is 42.5 Å². The third kappa shape index (κ3) is 4.05. The van der Waals surface area contributed by atoms with Gasteiger partial charge in [-0.2, -0.15) is 0 Å². The Labute approximate surface area is 118 Å². The minimum Gasteiger partial charge on any atom is -0.326 e. The SMILES string of the molecule is CC(=O)CCC(=O)Nc1ccc(-c2ccccc2)cc1. The fourth-order valence-corrected chi connectivity index (χ4v) is 1.89. The molecule has 102 valence electrons. The van der Waals surface area contributed by atoms with E-state index in [0.29, 0.717) is 0 Å². The number of carbonyl (C=O) groups excluding carboxylic acids is 2. The number of Topliss-reactive ketones (excluding diaryl/α,β-unsaturated/α-hetero) is 1. The van der Waals surface area contributed by atoms with Crippen molar-refractivity contribution >= 4 is 17.4 Å². The van der Waals surface area contributed by atoms with E-state index in [1.807, 2.05) is 54.6 Å². The quantitative estimate of drug-likeness (QED) is 0.898. The van der Waals surface area contributed by atoms with Crippen molar-refractivity contribution in [2.24, 2.45) is 0 Å². The Hall–Kier alpha value is -2.42. The van der Waals surface area contributed by atoms with Gasteiger partial charge in [0, 0.05) is 18.5 Å². The molecular formula is C17H17NO2. The maximum atomic E-state index is 11.6. The number of anilines is 1. The summed E-state index contributed by atoms with van der Waals surface area (Å²) in [5, 5.41) is 2.78. The largest absolute Gasteiger partial charge is 0.326 e. The molecule has 0 saturated heterocycles. The van der Waals surface area contributed by atoms with Gasteiger partial charge in [-0.15, -0.1) is 0 Å². The molecule has 0 fully saturated rings. The smallest absolute Gasteiger partial charge is 0.224 e. The molecule has 2 aromatic rings. The molecule has 0 radical (unpaired) electrons. The fraction of sp³-hybridized carbons (Fsp3) is 0.176. The minimum absolute atomic E-state index is 0.0274. The van der Waals surface area contributed by atoms with Crippen molar-refractivity contribution in [3.63, 3.8) is 0 Å². The van der Waals surface area contributed by atoms with Gasteiger partial charge in [0.2, 0.25) is 5.91 Å². The minimum atomic E-state index is -0.132. The Bertz CT molecular complexity index is 588. The topological polar surface area (TPSA) is 46.2 Å². The molecule has 2 rings (SSSR count). The van der Waals surface area contributed by atoms with Crippen LogP contribution >= 0.6 is 0 Å². The van der Waals surface area contributed by atoms with Crippen LogP contribution in [0.15, 0.2) is 54.6 Å². The highest BCUT2D eigenvalue weighted by molar-refractivity contribution is 5.93. The Morgan fingerprint density at radius 1 is 0.850 bits per heavy atom. The van der Waals surface area contributed by atoms with Crippen molar-refractivity contribution in [1.82, 2.24) is 0 Å². The van der Waals surface area contributed by atoms with Crippen LogP contribution in [0.5, 0.6) is 0 Å². The van der Waals surface area contributed by atoms with Crippen LogP contribution in [0, 0.1) is 0 Å². The molecule has 0 atom stereocenters. The van der Waals surface area contributed by atoms with Crippen molar-refractivity contribution in [1.29, 1.82) is 0 Å². The maximum absolute atomic E-state index is 11.6. The van der Waals surface area contributed by atoms with E-state index >= 15 is 0 Å². The van der Waals surface area contributed by atoms with E-state index in [9.17, 15) is 9.59 Å². The molecule has 0 aromatic heterocycles. The first-order chi connectivity index (χ1) is 9.65. The lowest BCUT2D eigenvalue weighted by molar-refractivity contribution is -0.121. The van der Waals surface area contributed by atoms with Crippen LogP contribution in [0.2, 0.25) is 0 Å². The summed E-state index contributed by atoms with van der Waals surface area (Å²) in [7, 11) is 0. The molecule has 0 aliphatic rings. The van der Waals surface area contributed by atoms with Crippen LogP contribution < -0.4 is 5.32 Å². The summed E-state index contributed by atoms with van der Waals surface area (Å²) < 4.78 is 0. The van der Waals surface area contributed by atoms with Crippen LogP contribution in [0.1, 0.15) is 19.8 Å². The Kier molecular flexibility index (Phi) is 4.66. The monoisotopic (exact) mass is 267 g/mol. The van der Waals surface area contributed by atoms with E-state index in [2.05, 4.69) is 5.32 Å². The molecular weight excluding hydrogens is 250 g/mol. The van der Waals surface area contributed by atoms with Crippen molar-refractivity contribution in [2.45, 2.75) is 19.8 Å². The zero-order valence-corrected chi connectivity index (χ0v) is 11.4. The van der Waals surface area contributed by atoms with E-state index in [1.54, 1.807) is 0 Å². The normalized spacial score (nSPS) is 10.1. The molecule has 3 nitrogen and oxygen atoms in total. The summed E-state index contributed by atoms with van der Waals surface area (Å²) in [6.07, 6.45) is 0.518. The predicted octanol–water partition coefficient (Wildman–Crippen LogP) is 3.66. The lowest BCUT2D eigenvalue weighted by Crippen LogP contribution is -2.12. The molecule has 0 bridgehead atoms. The number of nitrogens with one attached hydrogen (secondary N) is 1. The first-order valence-corrected chi connectivity index (χ1v) is 6.60. The van der Waals surface area contributed by atoms with Crippen molar-refractivity contribution in [2.75, 3.05) is 5.32 Å². The third-order valence-corrected chi connectivity index (χ3v) is 2.98. The molecule has 0 unspecified atom stereocenters. The number of rotatable bonds is 5. The molecule has 0 aliphatic heterocycles. The molecule has 0 spiro atoms. The highest BCUT2D eigenvalue weighted by Crippen LogP contribution is 2.21. The van der Waals surface area contributed by atoms with Crippen LogP contribution in [0.25, 0.3) is 11.1 Å². The van der Waals surface area contributed by atoms with E-state index < -0.39 is 0 Å². The Balaban J connectivity index is 1.98. The Morgan fingerprint density at radius 2 is 1.45 bits per heavy atom. The highest BCUT2D eigenvalue weighted by Gasteiger charge is 2.04. The molecule has 2 aromatic carbocycles. The zero-order chi connectivity index (χ0) is 14.4. The first kappa shape index (κ1) is 14.0. The number of ketones is 1. The Morgan fingerprint density at radius 3 is 2.05 bits per heavy atom. The van der Waals surface area contributed by atoms with Crippen molar-refractivity contribution in [3.05, 3.63) is 54.6 Å². The molecule has 1 amide bonds. The van der Waals surface area contributed by atoms with Gasteiger partial charge in [0.1, 0.15) is 5.78 Å². The van der Waals surface area contributed by atoms with Crippen LogP contribution in [-0.2, 0) is 9.59 Å². The standard InChI is InChI=1S/C17H17NO2/c1-13(19)7-12-17(20)18-16-10-8-15(9-11-16)14-5-3-2-4-6-14/h2-6,8-11H,7,12H2,1H3,(H,18,20). The van der Waals surface area contributed by atoms with Crippen LogP contribution in [0.4, 0.5) is 5.69 Å². The van der Waals surface area contributed by atoms with Gasteiger partial charge in [0.25, 0.3) is 0 Å². The first-order valence-electron chi connectivity index (χ1n) is 6.60. The summed E-state index contributed by atoms with van der Waals surface area (Å²) in [4.78, 5) is 22.4. The number of hydrogen-bond donors (Lipinski definition) is 1. The number of amides is 1. The van der Waals surface area contributed by atoms with E-state index in [1.165, 1.54) is 6.92 Å². The van der Waals surface area contributed by atoms with Crippen LogP contribution in [0.3, 0.4) is 0 Å². The summed E-state index contributed by atoms with van der Waals surface area (Å²) in [5.74, 6) is -0.104.